The van der Waals surface area contributed by atoms with Gasteiger partial charge in [-0.05, 0) is 31.2 Å². The van der Waals surface area contributed by atoms with Crippen molar-refractivity contribution in [1.29, 1.82) is 0 Å². The highest BCUT2D eigenvalue weighted by molar-refractivity contribution is 5.96. The van der Waals surface area contributed by atoms with Gasteiger partial charge < -0.3 is 15.5 Å². The van der Waals surface area contributed by atoms with Gasteiger partial charge >= 0.3 is 5.63 Å². The summed E-state index contributed by atoms with van der Waals surface area (Å²) in [7, 11) is 0. The minimum absolute atomic E-state index is 0.262. The minimum atomic E-state index is -0.570. The van der Waals surface area contributed by atoms with Crippen LogP contribution in [0.4, 0.5) is 5.69 Å². The minimum Gasteiger partial charge on any atom is -0.423 e. The van der Waals surface area contributed by atoms with Crippen molar-refractivity contribution in [3.8, 4) is 0 Å². The molecule has 0 saturated heterocycles. The quantitative estimate of drug-likeness (QED) is 0.758. The van der Waals surface area contributed by atoms with Gasteiger partial charge in [0.05, 0.1) is 6.04 Å². The van der Waals surface area contributed by atoms with E-state index in [1.54, 1.807) is 31.2 Å². The Kier molecular flexibility index (Phi) is 2.93. The van der Waals surface area contributed by atoms with Crippen LogP contribution in [0.25, 0.3) is 11.0 Å². The van der Waals surface area contributed by atoms with E-state index in [0.717, 1.165) is 5.39 Å². The lowest BCUT2D eigenvalue weighted by molar-refractivity contribution is -0.117. The molecule has 0 spiro atoms. The first-order chi connectivity index (χ1) is 8.06. The Morgan fingerprint density at radius 3 is 2.82 bits per heavy atom. The summed E-state index contributed by atoms with van der Waals surface area (Å²) < 4.78 is 4.98. The van der Waals surface area contributed by atoms with E-state index in [-0.39, 0.29) is 5.91 Å². The summed E-state index contributed by atoms with van der Waals surface area (Å²) in [4.78, 5) is 22.4. The molecule has 1 heterocycles. The molecule has 0 bridgehead atoms. The van der Waals surface area contributed by atoms with Crippen molar-refractivity contribution in [2.24, 2.45) is 5.73 Å². The molecular formula is C12H12N2O3. The number of anilines is 1. The monoisotopic (exact) mass is 232 g/mol. The Morgan fingerprint density at radius 2 is 2.12 bits per heavy atom. The summed E-state index contributed by atoms with van der Waals surface area (Å²) in [5.41, 5.74) is 6.15. The Hall–Kier alpha value is -2.14. The standard InChI is InChI=1S/C12H12N2O3/c1-7(13)12(16)14-9-3-4-10-8(6-9)2-5-11(15)17-10/h2-7H,13H2,1H3,(H,14,16). The zero-order valence-electron chi connectivity index (χ0n) is 9.27. The maximum absolute atomic E-state index is 11.4. The summed E-state index contributed by atoms with van der Waals surface area (Å²) in [6.45, 7) is 1.61. The number of benzene rings is 1. The van der Waals surface area contributed by atoms with E-state index in [1.807, 2.05) is 0 Å². The fourth-order valence-electron chi connectivity index (χ4n) is 1.41. The van der Waals surface area contributed by atoms with Gasteiger partial charge in [-0.3, -0.25) is 4.79 Å². The first kappa shape index (κ1) is 11.3. The maximum Gasteiger partial charge on any atom is 0.336 e. The lowest BCUT2D eigenvalue weighted by Crippen LogP contribution is -2.32. The fourth-order valence-corrected chi connectivity index (χ4v) is 1.41. The Balaban J connectivity index is 2.35. The number of carbonyl (C=O) groups excluding carboxylic acids is 1. The summed E-state index contributed by atoms with van der Waals surface area (Å²) in [6.07, 6.45) is 0. The van der Waals surface area contributed by atoms with Crippen molar-refractivity contribution >= 4 is 22.6 Å². The molecule has 5 nitrogen and oxygen atoms in total. The van der Waals surface area contributed by atoms with Gasteiger partial charge in [0.1, 0.15) is 5.58 Å². The summed E-state index contributed by atoms with van der Waals surface area (Å²) in [5, 5.41) is 3.41. The number of fused-ring (bicyclic) bond motifs is 1. The van der Waals surface area contributed by atoms with Crippen LogP contribution in [-0.4, -0.2) is 11.9 Å². The van der Waals surface area contributed by atoms with Crippen LogP contribution in [0.1, 0.15) is 6.92 Å². The zero-order chi connectivity index (χ0) is 12.4. The fraction of sp³-hybridized carbons (Fsp3) is 0.167. The highest BCUT2D eigenvalue weighted by atomic mass is 16.4. The van der Waals surface area contributed by atoms with Crippen LogP contribution in [0, 0.1) is 0 Å². The molecule has 1 unspecified atom stereocenters. The normalized spacial score (nSPS) is 12.4. The molecular weight excluding hydrogens is 220 g/mol. The Bertz CT molecular complexity index is 616. The highest BCUT2D eigenvalue weighted by Gasteiger charge is 2.07. The highest BCUT2D eigenvalue weighted by Crippen LogP contribution is 2.17. The third-order valence-corrected chi connectivity index (χ3v) is 2.30. The lowest BCUT2D eigenvalue weighted by Gasteiger charge is -2.07. The van der Waals surface area contributed by atoms with Gasteiger partial charge in [-0.25, -0.2) is 4.79 Å². The van der Waals surface area contributed by atoms with Crippen LogP contribution >= 0.6 is 0 Å². The molecule has 0 saturated carbocycles. The lowest BCUT2D eigenvalue weighted by atomic mass is 10.2. The van der Waals surface area contributed by atoms with Crippen molar-refractivity contribution in [1.82, 2.24) is 0 Å². The molecule has 88 valence electrons. The Morgan fingerprint density at radius 1 is 1.35 bits per heavy atom. The number of nitrogens with two attached hydrogens (primary N) is 1. The summed E-state index contributed by atoms with van der Waals surface area (Å²) in [6, 6.07) is 7.42. The van der Waals surface area contributed by atoms with Gasteiger partial charge in [0.15, 0.2) is 0 Å². The third kappa shape index (κ3) is 2.51. The van der Waals surface area contributed by atoms with Crippen molar-refractivity contribution < 1.29 is 9.21 Å². The van der Waals surface area contributed by atoms with E-state index < -0.39 is 11.7 Å². The number of carbonyl (C=O) groups is 1. The molecule has 0 aliphatic heterocycles. The first-order valence-corrected chi connectivity index (χ1v) is 5.16. The van der Waals surface area contributed by atoms with Crippen LogP contribution in [0.2, 0.25) is 0 Å². The molecule has 0 aliphatic carbocycles. The van der Waals surface area contributed by atoms with Crippen molar-refractivity contribution in [3.63, 3.8) is 0 Å². The molecule has 0 aliphatic rings. The number of rotatable bonds is 2. The molecule has 2 aromatic rings. The molecule has 1 aromatic carbocycles. The van der Waals surface area contributed by atoms with Crippen LogP contribution in [0.5, 0.6) is 0 Å². The van der Waals surface area contributed by atoms with E-state index in [1.165, 1.54) is 6.07 Å². The van der Waals surface area contributed by atoms with Crippen molar-refractivity contribution in [3.05, 3.63) is 40.8 Å². The molecule has 5 heteroatoms. The van der Waals surface area contributed by atoms with E-state index in [2.05, 4.69) is 5.32 Å². The van der Waals surface area contributed by atoms with Crippen LogP contribution in [-0.2, 0) is 4.79 Å². The maximum atomic E-state index is 11.4. The molecule has 0 fully saturated rings. The van der Waals surface area contributed by atoms with Gasteiger partial charge in [-0.15, -0.1) is 0 Å². The number of hydrogen-bond acceptors (Lipinski definition) is 4. The van der Waals surface area contributed by atoms with Gasteiger partial charge in [0.2, 0.25) is 5.91 Å². The van der Waals surface area contributed by atoms with Crippen LogP contribution < -0.4 is 16.7 Å². The van der Waals surface area contributed by atoms with E-state index in [0.29, 0.717) is 11.3 Å². The van der Waals surface area contributed by atoms with Crippen molar-refractivity contribution in [2.75, 3.05) is 5.32 Å². The second kappa shape index (κ2) is 4.39. The molecule has 1 amide bonds. The van der Waals surface area contributed by atoms with E-state index in [9.17, 15) is 9.59 Å². The van der Waals surface area contributed by atoms with Crippen LogP contribution in [0.15, 0.2) is 39.5 Å². The molecule has 0 radical (unpaired) electrons. The topological polar surface area (TPSA) is 85.3 Å². The third-order valence-electron chi connectivity index (χ3n) is 2.30. The predicted octanol–water partition coefficient (Wildman–Crippen LogP) is 1.08. The smallest absolute Gasteiger partial charge is 0.336 e. The van der Waals surface area contributed by atoms with E-state index >= 15 is 0 Å². The number of amides is 1. The second-order valence-electron chi connectivity index (χ2n) is 3.78. The van der Waals surface area contributed by atoms with Gasteiger partial charge in [0, 0.05) is 17.1 Å². The van der Waals surface area contributed by atoms with Gasteiger partial charge in [-0.2, -0.15) is 0 Å². The zero-order valence-corrected chi connectivity index (χ0v) is 9.27. The number of hydrogen-bond donors (Lipinski definition) is 2. The average molecular weight is 232 g/mol. The predicted molar refractivity (Wildman–Crippen MR) is 64.8 cm³/mol. The van der Waals surface area contributed by atoms with Gasteiger partial charge in [0.25, 0.3) is 0 Å². The summed E-state index contributed by atoms with van der Waals surface area (Å²) in [5.74, 6) is -0.262. The molecule has 17 heavy (non-hydrogen) atoms. The molecule has 1 aromatic heterocycles. The molecule has 1 atom stereocenters. The SMILES string of the molecule is CC(N)C(=O)Nc1ccc2oc(=O)ccc2c1. The first-order valence-electron chi connectivity index (χ1n) is 5.16. The largest absolute Gasteiger partial charge is 0.423 e. The number of nitrogens with one attached hydrogen (secondary N) is 1. The molecule has 3 N–H and O–H groups in total. The molecule has 2 rings (SSSR count). The summed E-state index contributed by atoms with van der Waals surface area (Å²) >= 11 is 0. The average Bonchev–Trinajstić information content (AvgIpc) is 2.29. The van der Waals surface area contributed by atoms with Crippen molar-refractivity contribution in [2.45, 2.75) is 13.0 Å². The van der Waals surface area contributed by atoms with Crippen LogP contribution in [0.3, 0.4) is 0 Å². The van der Waals surface area contributed by atoms with Gasteiger partial charge in [-0.1, -0.05) is 0 Å². The van der Waals surface area contributed by atoms with E-state index in [4.69, 9.17) is 10.2 Å². The Labute approximate surface area is 97.2 Å². The second-order valence-corrected chi connectivity index (χ2v) is 3.78.